The molecule has 0 bridgehead atoms. The average molecular weight is 296 g/mol. The predicted octanol–water partition coefficient (Wildman–Crippen LogP) is 1.39. The Labute approximate surface area is 109 Å². The zero-order valence-corrected chi connectivity index (χ0v) is 13.2. The van der Waals surface area contributed by atoms with Gasteiger partial charge in [-0.1, -0.05) is 6.92 Å². The third-order valence-electron chi connectivity index (χ3n) is 2.93. The van der Waals surface area contributed by atoms with E-state index in [1.54, 1.807) is 6.92 Å². The maximum Gasteiger partial charge on any atom is 0.496 e. The van der Waals surface area contributed by atoms with E-state index >= 15 is 0 Å². The molecule has 0 spiro atoms. The van der Waals surface area contributed by atoms with Gasteiger partial charge in [0, 0.05) is 0 Å². The van der Waals surface area contributed by atoms with Gasteiger partial charge in [0.05, 0.1) is 9.49 Å². The monoisotopic (exact) mass is 296 g/mol. The Morgan fingerprint density at radius 3 is 1.61 bits per heavy atom. The van der Waals surface area contributed by atoms with Gasteiger partial charge in [-0.2, -0.15) is 0 Å². The third-order valence-corrected chi connectivity index (χ3v) is 8.68. The minimum atomic E-state index is -4.23. The molecule has 0 radical (unpaired) electrons. The van der Waals surface area contributed by atoms with Crippen molar-refractivity contribution < 1.29 is 21.6 Å². The summed E-state index contributed by atoms with van der Waals surface area (Å²) in [6, 6.07) is 0. The molecule has 0 aliphatic carbocycles. The van der Waals surface area contributed by atoms with E-state index in [1.807, 2.05) is 0 Å². The first-order chi connectivity index (χ1) is 7.75. The molecule has 0 unspecified atom stereocenters. The van der Waals surface area contributed by atoms with Crippen molar-refractivity contribution in [3.8, 4) is 0 Å². The van der Waals surface area contributed by atoms with Crippen LogP contribution in [0.3, 0.4) is 0 Å². The molecular formula is C10H20N2O4S2. The molecule has 0 aliphatic rings. The Bertz CT molecular complexity index is 574. The van der Waals surface area contributed by atoms with Crippen LogP contribution in [0.1, 0.15) is 48.0 Å². The van der Waals surface area contributed by atoms with Gasteiger partial charge in [-0.05, 0) is 41.0 Å². The first-order valence-corrected chi connectivity index (χ1v) is 8.43. The topological polar surface area (TPSA) is 105 Å². The standard InChI is InChI=1S/C10H20N2O4S2/c1-7-10(5,6)18(15,16)8(12-11)17(13,14)9(2,3)4/h7H2,1-6H3. The summed E-state index contributed by atoms with van der Waals surface area (Å²) in [5, 5.41) is 0. The quantitative estimate of drug-likeness (QED) is 0.332. The molecule has 6 nitrogen and oxygen atoms in total. The molecule has 0 aromatic heterocycles. The first-order valence-electron chi connectivity index (χ1n) is 5.47. The zero-order valence-electron chi connectivity index (χ0n) is 11.6. The SMILES string of the molecule is CCC(C)(C)S(=O)(=O)C(=[N+]=[N-])S(=O)(=O)C(C)(C)C. The van der Waals surface area contributed by atoms with E-state index in [4.69, 9.17) is 5.53 Å². The van der Waals surface area contributed by atoms with Gasteiger partial charge in [-0.15, -0.1) is 4.79 Å². The highest BCUT2D eigenvalue weighted by molar-refractivity contribution is 8.31. The fourth-order valence-corrected chi connectivity index (χ4v) is 5.11. The van der Waals surface area contributed by atoms with Crippen LogP contribution in [0.15, 0.2) is 0 Å². The number of rotatable bonds is 2. The lowest BCUT2D eigenvalue weighted by molar-refractivity contribution is 0.00350. The van der Waals surface area contributed by atoms with Gasteiger partial charge in [-0.3, -0.25) is 0 Å². The number of nitrogens with zero attached hydrogens (tertiary/aromatic N) is 2. The highest BCUT2D eigenvalue weighted by Gasteiger charge is 2.54. The minimum Gasteiger partial charge on any atom is -0.359 e. The van der Waals surface area contributed by atoms with E-state index < -0.39 is 33.5 Å². The summed E-state index contributed by atoms with van der Waals surface area (Å²) >= 11 is 0. The van der Waals surface area contributed by atoms with Gasteiger partial charge in [0.25, 0.3) is 19.7 Å². The second kappa shape index (κ2) is 4.75. The van der Waals surface area contributed by atoms with Gasteiger partial charge < -0.3 is 5.53 Å². The molecule has 0 aromatic carbocycles. The van der Waals surface area contributed by atoms with Crippen LogP contribution in [0.5, 0.6) is 0 Å². The summed E-state index contributed by atoms with van der Waals surface area (Å²) in [6.07, 6.45) is 0.202. The largest absolute Gasteiger partial charge is 0.496 e. The lowest BCUT2D eigenvalue weighted by Gasteiger charge is -2.22. The van der Waals surface area contributed by atoms with E-state index in [9.17, 15) is 16.8 Å². The van der Waals surface area contributed by atoms with Crippen LogP contribution in [0.25, 0.3) is 5.53 Å². The van der Waals surface area contributed by atoms with Crippen molar-refractivity contribution in [1.29, 1.82) is 0 Å². The van der Waals surface area contributed by atoms with Crippen LogP contribution < -0.4 is 0 Å². The van der Waals surface area contributed by atoms with Gasteiger partial charge in [0.15, 0.2) is 0 Å². The van der Waals surface area contributed by atoms with E-state index in [-0.39, 0.29) is 6.42 Å². The smallest absolute Gasteiger partial charge is 0.359 e. The molecule has 0 atom stereocenters. The predicted molar refractivity (Wildman–Crippen MR) is 70.6 cm³/mol. The molecular weight excluding hydrogens is 276 g/mol. The minimum absolute atomic E-state index is 0.202. The van der Waals surface area contributed by atoms with E-state index in [0.717, 1.165) is 0 Å². The molecule has 0 rings (SSSR count). The molecule has 0 aromatic rings. The first kappa shape index (κ1) is 17.3. The summed E-state index contributed by atoms with van der Waals surface area (Å²) < 4.78 is 44.9. The Hall–Kier alpha value is -0.720. The Balaban J connectivity index is 6.25. The van der Waals surface area contributed by atoms with Gasteiger partial charge in [0.1, 0.15) is 0 Å². The van der Waals surface area contributed by atoms with E-state index in [1.165, 1.54) is 34.6 Å². The van der Waals surface area contributed by atoms with Crippen LogP contribution in [-0.2, 0) is 19.7 Å². The average Bonchev–Trinajstić information content (AvgIpc) is 2.15. The Morgan fingerprint density at radius 1 is 1.00 bits per heavy atom. The highest BCUT2D eigenvalue weighted by atomic mass is 32.3. The second-order valence-corrected chi connectivity index (χ2v) is 11.0. The van der Waals surface area contributed by atoms with Crippen LogP contribution in [-0.4, -0.2) is 35.5 Å². The van der Waals surface area contributed by atoms with Crippen molar-refractivity contribution in [2.75, 3.05) is 0 Å². The Kier molecular flexibility index (Phi) is 4.56. The summed E-state index contributed by atoms with van der Waals surface area (Å²) in [7, 11) is -8.46. The second-order valence-electron chi connectivity index (χ2n) is 5.60. The van der Waals surface area contributed by atoms with Gasteiger partial charge in [0.2, 0.25) is 0 Å². The molecule has 106 valence electrons. The fraction of sp³-hybridized carbons (Fsp3) is 0.900. The lowest BCUT2D eigenvalue weighted by Crippen LogP contribution is -2.45. The molecule has 0 saturated heterocycles. The summed E-state index contributed by atoms with van der Waals surface area (Å²) in [4.78, 5) is 2.55. The van der Waals surface area contributed by atoms with Crippen LogP contribution in [0, 0.1) is 0 Å². The summed E-state index contributed by atoms with van der Waals surface area (Å²) in [5.74, 6) is 0. The van der Waals surface area contributed by atoms with E-state index in [2.05, 4.69) is 4.79 Å². The van der Waals surface area contributed by atoms with E-state index in [0.29, 0.717) is 0 Å². The molecule has 8 heteroatoms. The number of sulfone groups is 2. The third kappa shape index (κ3) is 2.65. The van der Waals surface area contributed by atoms with Gasteiger partial charge in [-0.25, -0.2) is 16.8 Å². The van der Waals surface area contributed by atoms with Crippen molar-refractivity contribution in [1.82, 2.24) is 0 Å². The van der Waals surface area contributed by atoms with Crippen LogP contribution >= 0.6 is 0 Å². The summed E-state index contributed by atoms with van der Waals surface area (Å²) in [5.41, 5.74) is 8.85. The molecule has 0 saturated carbocycles. The van der Waals surface area contributed by atoms with Crippen molar-refractivity contribution in [3.63, 3.8) is 0 Å². The highest BCUT2D eigenvalue weighted by Crippen LogP contribution is 2.27. The lowest BCUT2D eigenvalue weighted by atomic mass is 10.1. The molecule has 0 amide bonds. The molecule has 0 heterocycles. The normalized spacial score (nSPS) is 14.1. The molecule has 0 fully saturated rings. The Morgan fingerprint density at radius 2 is 1.39 bits per heavy atom. The number of hydrogen-bond acceptors (Lipinski definition) is 4. The summed E-state index contributed by atoms with van der Waals surface area (Å²) in [6.45, 7) is 8.46. The number of hydrogen-bond donors (Lipinski definition) is 0. The molecule has 18 heavy (non-hydrogen) atoms. The maximum atomic E-state index is 12.2. The van der Waals surface area contributed by atoms with Crippen molar-refractivity contribution in [2.45, 2.75) is 57.5 Å². The van der Waals surface area contributed by atoms with Crippen molar-refractivity contribution in [2.24, 2.45) is 0 Å². The zero-order chi connectivity index (χ0) is 15.0. The molecule has 0 aliphatic heterocycles. The molecule has 0 N–H and O–H groups in total. The maximum absolute atomic E-state index is 12.2. The van der Waals surface area contributed by atoms with Gasteiger partial charge >= 0.3 is 4.38 Å². The van der Waals surface area contributed by atoms with Crippen molar-refractivity contribution in [3.05, 3.63) is 5.53 Å². The van der Waals surface area contributed by atoms with Crippen molar-refractivity contribution >= 4 is 24.1 Å². The van der Waals surface area contributed by atoms with Crippen LogP contribution in [0.4, 0.5) is 0 Å². The fourth-order valence-electron chi connectivity index (χ4n) is 0.940. The van der Waals surface area contributed by atoms with Crippen LogP contribution in [0.2, 0.25) is 0 Å².